The highest BCUT2D eigenvalue weighted by Crippen LogP contribution is 2.24. The van der Waals surface area contributed by atoms with Gasteiger partial charge in [-0.25, -0.2) is 4.98 Å². The van der Waals surface area contributed by atoms with Crippen molar-refractivity contribution in [3.63, 3.8) is 0 Å². The van der Waals surface area contributed by atoms with Gasteiger partial charge in [-0.1, -0.05) is 12.1 Å². The number of ether oxygens (including phenoxy) is 1. The third-order valence-corrected chi connectivity index (χ3v) is 2.67. The molecule has 0 radical (unpaired) electrons. The summed E-state index contributed by atoms with van der Waals surface area (Å²) in [7, 11) is 0. The molecule has 5 nitrogen and oxygen atoms in total. The molecule has 0 saturated heterocycles. The highest BCUT2D eigenvalue weighted by molar-refractivity contribution is 5.92. The molecule has 0 aliphatic heterocycles. The average Bonchev–Trinajstić information content (AvgIpc) is 2.35. The number of nitrogen functional groups attached to an aromatic ring is 1. The molecule has 0 bridgehead atoms. The first kappa shape index (κ1) is 12.0. The Bertz CT molecular complexity index is 595. The molecule has 0 amide bonds. The molecule has 2 aromatic rings. The Labute approximate surface area is 105 Å². The van der Waals surface area contributed by atoms with Gasteiger partial charge in [0.25, 0.3) is 0 Å². The van der Waals surface area contributed by atoms with Gasteiger partial charge >= 0.3 is 6.01 Å². The average molecular weight is 242 g/mol. The van der Waals surface area contributed by atoms with Crippen molar-refractivity contribution in [1.29, 1.82) is 5.41 Å². The summed E-state index contributed by atoms with van der Waals surface area (Å²) >= 11 is 0. The molecule has 0 aliphatic rings. The monoisotopic (exact) mass is 242 g/mol. The van der Waals surface area contributed by atoms with Crippen LogP contribution in [0.4, 0.5) is 0 Å². The van der Waals surface area contributed by atoms with Gasteiger partial charge in [-0.15, -0.1) is 0 Å². The molecule has 1 aromatic heterocycles. The number of nitrogens with two attached hydrogens (primary N) is 1. The van der Waals surface area contributed by atoms with Crippen LogP contribution in [0.2, 0.25) is 0 Å². The van der Waals surface area contributed by atoms with Gasteiger partial charge in [-0.3, -0.25) is 5.41 Å². The maximum absolute atomic E-state index is 7.32. The topological polar surface area (TPSA) is 84.9 Å². The van der Waals surface area contributed by atoms with Crippen LogP contribution in [0.3, 0.4) is 0 Å². The van der Waals surface area contributed by atoms with Crippen molar-refractivity contribution in [3.8, 4) is 11.8 Å². The van der Waals surface area contributed by atoms with E-state index < -0.39 is 0 Å². The molecule has 1 aromatic carbocycles. The van der Waals surface area contributed by atoms with Gasteiger partial charge < -0.3 is 10.5 Å². The maximum Gasteiger partial charge on any atom is 0.322 e. The number of aromatic nitrogens is 2. The lowest BCUT2D eigenvalue weighted by atomic mass is 10.1. The van der Waals surface area contributed by atoms with Crippen molar-refractivity contribution >= 4 is 5.84 Å². The number of nitrogens with zero attached hydrogens (tertiary/aromatic N) is 2. The summed E-state index contributed by atoms with van der Waals surface area (Å²) in [4.78, 5) is 8.06. The summed E-state index contributed by atoms with van der Waals surface area (Å²) in [5, 5.41) is 7.32. The first-order valence-corrected chi connectivity index (χ1v) is 5.49. The summed E-state index contributed by atoms with van der Waals surface area (Å²) in [6.07, 6.45) is 1.52. The van der Waals surface area contributed by atoms with Crippen LogP contribution in [-0.4, -0.2) is 15.8 Å². The lowest BCUT2D eigenvalue weighted by molar-refractivity contribution is 0.438. The van der Waals surface area contributed by atoms with Gasteiger partial charge in [0.15, 0.2) is 0 Å². The second-order valence-electron chi connectivity index (χ2n) is 3.94. The van der Waals surface area contributed by atoms with E-state index in [2.05, 4.69) is 9.97 Å². The van der Waals surface area contributed by atoms with E-state index >= 15 is 0 Å². The van der Waals surface area contributed by atoms with Crippen LogP contribution in [0.1, 0.15) is 16.8 Å². The molecule has 2 rings (SSSR count). The van der Waals surface area contributed by atoms with E-state index in [1.807, 2.05) is 32.0 Å². The van der Waals surface area contributed by atoms with E-state index in [4.69, 9.17) is 15.9 Å². The van der Waals surface area contributed by atoms with Crippen LogP contribution in [0, 0.1) is 19.3 Å². The number of amidine groups is 1. The van der Waals surface area contributed by atoms with Crippen LogP contribution < -0.4 is 10.5 Å². The SMILES string of the molecule is Cc1cccc(Oc2nccc(C(=N)N)n2)c1C. The smallest absolute Gasteiger partial charge is 0.322 e. The van der Waals surface area contributed by atoms with Crippen LogP contribution in [-0.2, 0) is 0 Å². The van der Waals surface area contributed by atoms with Crippen molar-refractivity contribution in [2.24, 2.45) is 5.73 Å². The second-order valence-corrected chi connectivity index (χ2v) is 3.94. The zero-order valence-electron chi connectivity index (χ0n) is 10.3. The zero-order valence-corrected chi connectivity index (χ0v) is 10.3. The Kier molecular flexibility index (Phi) is 3.23. The minimum absolute atomic E-state index is 0.108. The van der Waals surface area contributed by atoms with Crippen molar-refractivity contribution in [1.82, 2.24) is 9.97 Å². The first-order valence-electron chi connectivity index (χ1n) is 5.49. The van der Waals surface area contributed by atoms with Gasteiger partial charge in [0.2, 0.25) is 0 Å². The van der Waals surface area contributed by atoms with Crippen molar-refractivity contribution in [2.45, 2.75) is 13.8 Å². The van der Waals surface area contributed by atoms with E-state index in [0.717, 1.165) is 11.1 Å². The molecular formula is C13H14N4O. The minimum atomic E-state index is -0.108. The Balaban J connectivity index is 2.31. The third kappa shape index (κ3) is 2.45. The van der Waals surface area contributed by atoms with Gasteiger partial charge in [0, 0.05) is 6.20 Å². The number of hydrogen-bond donors (Lipinski definition) is 2. The second kappa shape index (κ2) is 4.83. The van der Waals surface area contributed by atoms with Crippen LogP contribution in [0.15, 0.2) is 30.5 Å². The van der Waals surface area contributed by atoms with Crippen LogP contribution >= 0.6 is 0 Å². The Morgan fingerprint density at radius 1 is 1.28 bits per heavy atom. The summed E-state index contributed by atoms with van der Waals surface area (Å²) in [6, 6.07) is 7.53. The highest BCUT2D eigenvalue weighted by atomic mass is 16.5. The van der Waals surface area contributed by atoms with Gasteiger partial charge in [-0.05, 0) is 37.1 Å². The number of rotatable bonds is 3. The lowest BCUT2D eigenvalue weighted by Crippen LogP contribution is -2.13. The maximum atomic E-state index is 7.32. The summed E-state index contributed by atoms with van der Waals surface area (Å²) < 4.78 is 5.61. The van der Waals surface area contributed by atoms with Crippen LogP contribution in [0.5, 0.6) is 11.8 Å². The summed E-state index contributed by atoms with van der Waals surface area (Å²) in [5.74, 6) is 0.596. The van der Waals surface area contributed by atoms with E-state index in [0.29, 0.717) is 11.4 Å². The molecule has 0 fully saturated rings. The Hall–Kier alpha value is -2.43. The molecule has 0 spiro atoms. The molecule has 92 valence electrons. The lowest BCUT2D eigenvalue weighted by Gasteiger charge is -2.09. The van der Waals surface area contributed by atoms with Crippen molar-refractivity contribution < 1.29 is 4.74 Å². The van der Waals surface area contributed by atoms with Crippen molar-refractivity contribution in [2.75, 3.05) is 0 Å². The molecule has 0 aliphatic carbocycles. The summed E-state index contributed by atoms with van der Waals surface area (Å²) in [6.45, 7) is 3.98. The fourth-order valence-electron chi connectivity index (χ4n) is 1.47. The largest absolute Gasteiger partial charge is 0.424 e. The number of benzene rings is 1. The predicted molar refractivity (Wildman–Crippen MR) is 69.0 cm³/mol. The minimum Gasteiger partial charge on any atom is -0.424 e. The fraction of sp³-hybridized carbons (Fsp3) is 0.154. The third-order valence-electron chi connectivity index (χ3n) is 2.67. The van der Waals surface area contributed by atoms with Gasteiger partial charge in [-0.2, -0.15) is 4.98 Å². The Morgan fingerprint density at radius 2 is 2.06 bits per heavy atom. The molecule has 1 heterocycles. The van der Waals surface area contributed by atoms with Gasteiger partial charge in [0.1, 0.15) is 17.3 Å². The van der Waals surface area contributed by atoms with E-state index in [-0.39, 0.29) is 11.8 Å². The Morgan fingerprint density at radius 3 is 2.78 bits per heavy atom. The van der Waals surface area contributed by atoms with Gasteiger partial charge in [0.05, 0.1) is 0 Å². The first-order chi connectivity index (χ1) is 8.58. The zero-order chi connectivity index (χ0) is 13.1. The normalized spacial score (nSPS) is 10.1. The molecule has 0 unspecified atom stereocenters. The molecule has 0 saturated carbocycles. The molecular weight excluding hydrogens is 228 g/mol. The highest BCUT2D eigenvalue weighted by Gasteiger charge is 2.07. The number of nitrogens with one attached hydrogen (secondary N) is 1. The fourth-order valence-corrected chi connectivity index (χ4v) is 1.47. The molecule has 3 N–H and O–H groups in total. The molecule has 5 heteroatoms. The number of hydrogen-bond acceptors (Lipinski definition) is 4. The van der Waals surface area contributed by atoms with E-state index in [9.17, 15) is 0 Å². The molecule has 18 heavy (non-hydrogen) atoms. The summed E-state index contributed by atoms with van der Waals surface area (Å²) in [5.41, 5.74) is 7.89. The predicted octanol–water partition coefficient (Wildman–Crippen LogP) is 2.17. The van der Waals surface area contributed by atoms with Crippen molar-refractivity contribution in [3.05, 3.63) is 47.3 Å². The number of aryl methyl sites for hydroxylation is 1. The quantitative estimate of drug-likeness (QED) is 0.638. The molecule has 0 atom stereocenters. The standard InChI is InChI=1S/C13H14N4O/c1-8-4-3-5-11(9(8)2)18-13-16-7-6-10(17-13)12(14)15/h3-7H,1-2H3,(H3,14,15). The van der Waals surface area contributed by atoms with Crippen LogP contribution in [0.25, 0.3) is 0 Å². The van der Waals surface area contributed by atoms with E-state index in [1.54, 1.807) is 6.07 Å². The van der Waals surface area contributed by atoms with E-state index in [1.165, 1.54) is 6.20 Å².